The summed E-state index contributed by atoms with van der Waals surface area (Å²) >= 11 is 0. The van der Waals surface area contributed by atoms with Crippen LogP contribution in [0.1, 0.15) is 32.5 Å². The van der Waals surface area contributed by atoms with Crippen LogP contribution in [-0.4, -0.2) is 21.3 Å². The highest BCUT2D eigenvalue weighted by atomic mass is 16.5. The quantitative estimate of drug-likeness (QED) is 0.867. The minimum Gasteiger partial charge on any atom is -0.452 e. The van der Waals surface area contributed by atoms with E-state index in [4.69, 9.17) is 4.74 Å². The van der Waals surface area contributed by atoms with Crippen LogP contribution in [0.4, 0.5) is 0 Å². The van der Waals surface area contributed by atoms with Crippen LogP contribution >= 0.6 is 0 Å². The van der Waals surface area contributed by atoms with Crippen molar-refractivity contribution in [3.8, 4) is 11.5 Å². The Bertz CT molecular complexity index is 506. The van der Waals surface area contributed by atoms with Crippen LogP contribution in [-0.2, 0) is 6.54 Å². The van der Waals surface area contributed by atoms with E-state index in [1.165, 1.54) is 0 Å². The molecular formula is C14H20N4O. The van der Waals surface area contributed by atoms with E-state index in [0.717, 1.165) is 30.3 Å². The first kappa shape index (κ1) is 13.5. The van der Waals surface area contributed by atoms with Crippen molar-refractivity contribution in [3.63, 3.8) is 0 Å². The van der Waals surface area contributed by atoms with Crippen LogP contribution in [0.15, 0.2) is 30.7 Å². The van der Waals surface area contributed by atoms with E-state index in [0.29, 0.717) is 0 Å². The summed E-state index contributed by atoms with van der Waals surface area (Å²) in [7, 11) is 0. The zero-order chi connectivity index (χ0) is 13.7. The third kappa shape index (κ3) is 3.54. The van der Waals surface area contributed by atoms with Gasteiger partial charge in [-0.15, -0.1) is 0 Å². The average molecular weight is 260 g/mol. The summed E-state index contributed by atoms with van der Waals surface area (Å²) in [6.07, 6.45) is 5.32. The summed E-state index contributed by atoms with van der Waals surface area (Å²) in [5.74, 6) is 1.46. The average Bonchev–Trinajstić information content (AvgIpc) is 2.87. The number of nitrogens with one attached hydrogen (secondary N) is 1. The van der Waals surface area contributed by atoms with Gasteiger partial charge >= 0.3 is 0 Å². The maximum absolute atomic E-state index is 5.69. The normalized spacial score (nSPS) is 12.4. The topological polar surface area (TPSA) is 52.0 Å². The van der Waals surface area contributed by atoms with Crippen LogP contribution in [0.5, 0.6) is 11.5 Å². The second-order valence-corrected chi connectivity index (χ2v) is 4.33. The number of aromatic nitrogens is 3. The largest absolute Gasteiger partial charge is 0.452 e. The Balaban J connectivity index is 2.02. The van der Waals surface area contributed by atoms with Crippen molar-refractivity contribution in [3.05, 3.63) is 36.4 Å². The standard InChI is InChI=1S/C14H20N4O/c1-4-15-11(3)14-7-6-12(8-16-14)19-13-9-17-18(5-2)10-13/h6-11,15H,4-5H2,1-3H3. The summed E-state index contributed by atoms with van der Waals surface area (Å²) in [4.78, 5) is 4.41. The second-order valence-electron chi connectivity index (χ2n) is 4.33. The summed E-state index contributed by atoms with van der Waals surface area (Å²) in [5, 5.41) is 7.49. The number of ether oxygens (including phenoxy) is 1. The van der Waals surface area contributed by atoms with Crippen LogP contribution in [0.2, 0.25) is 0 Å². The Morgan fingerprint density at radius 2 is 2.11 bits per heavy atom. The molecule has 1 unspecified atom stereocenters. The number of nitrogens with zero attached hydrogens (tertiary/aromatic N) is 3. The highest BCUT2D eigenvalue weighted by Gasteiger charge is 2.06. The number of pyridine rings is 1. The van der Waals surface area contributed by atoms with Gasteiger partial charge in [0.15, 0.2) is 5.75 Å². The van der Waals surface area contributed by atoms with Gasteiger partial charge in [-0.05, 0) is 32.5 Å². The van der Waals surface area contributed by atoms with Gasteiger partial charge in [0.05, 0.1) is 24.3 Å². The molecule has 5 nitrogen and oxygen atoms in total. The Kier molecular flexibility index (Phi) is 4.52. The molecule has 102 valence electrons. The van der Waals surface area contributed by atoms with Crippen molar-refractivity contribution in [2.75, 3.05) is 6.54 Å². The van der Waals surface area contributed by atoms with Gasteiger partial charge in [-0.2, -0.15) is 5.10 Å². The van der Waals surface area contributed by atoms with E-state index >= 15 is 0 Å². The summed E-state index contributed by atoms with van der Waals surface area (Å²) < 4.78 is 7.51. The van der Waals surface area contributed by atoms with E-state index in [2.05, 4.69) is 29.2 Å². The smallest absolute Gasteiger partial charge is 0.165 e. The summed E-state index contributed by atoms with van der Waals surface area (Å²) in [6, 6.07) is 4.16. The minimum absolute atomic E-state index is 0.252. The molecule has 19 heavy (non-hydrogen) atoms. The number of hydrogen-bond donors (Lipinski definition) is 1. The lowest BCUT2D eigenvalue weighted by Gasteiger charge is -2.11. The zero-order valence-electron chi connectivity index (χ0n) is 11.6. The Morgan fingerprint density at radius 3 is 2.68 bits per heavy atom. The molecule has 0 aliphatic heterocycles. The van der Waals surface area contributed by atoms with Crippen molar-refractivity contribution >= 4 is 0 Å². The Labute approximate surface area is 113 Å². The molecule has 1 N–H and O–H groups in total. The molecule has 5 heteroatoms. The molecule has 0 aliphatic rings. The molecule has 2 aromatic rings. The Hall–Kier alpha value is -1.88. The lowest BCUT2D eigenvalue weighted by Crippen LogP contribution is -2.18. The van der Waals surface area contributed by atoms with Gasteiger partial charge in [0.1, 0.15) is 5.75 Å². The number of rotatable bonds is 6. The fourth-order valence-electron chi connectivity index (χ4n) is 1.83. The SMILES string of the molecule is CCNC(C)c1ccc(Oc2cnn(CC)c2)cn1. The molecule has 1 atom stereocenters. The fourth-order valence-corrected chi connectivity index (χ4v) is 1.83. The maximum Gasteiger partial charge on any atom is 0.165 e. The molecule has 0 saturated carbocycles. The molecule has 0 aliphatic carbocycles. The second kappa shape index (κ2) is 6.33. The predicted molar refractivity (Wildman–Crippen MR) is 74.3 cm³/mol. The summed E-state index contributed by atoms with van der Waals surface area (Å²) in [6.45, 7) is 7.98. The molecule has 0 aromatic carbocycles. The molecule has 2 heterocycles. The van der Waals surface area contributed by atoms with Gasteiger partial charge < -0.3 is 10.1 Å². The van der Waals surface area contributed by atoms with E-state index in [9.17, 15) is 0 Å². The highest BCUT2D eigenvalue weighted by Crippen LogP contribution is 2.21. The predicted octanol–water partition coefficient (Wildman–Crippen LogP) is 2.76. The monoisotopic (exact) mass is 260 g/mol. The molecule has 0 amide bonds. The molecule has 0 spiro atoms. The molecule has 0 fully saturated rings. The van der Waals surface area contributed by atoms with E-state index < -0.39 is 0 Å². The fraction of sp³-hybridized carbons (Fsp3) is 0.429. The number of hydrogen-bond acceptors (Lipinski definition) is 4. The highest BCUT2D eigenvalue weighted by molar-refractivity contribution is 5.27. The summed E-state index contributed by atoms with van der Waals surface area (Å²) in [5.41, 5.74) is 1.01. The molecular weight excluding hydrogens is 240 g/mol. The van der Waals surface area contributed by atoms with Crippen LogP contribution < -0.4 is 10.1 Å². The van der Waals surface area contributed by atoms with Crippen molar-refractivity contribution in [2.24, 2.45) is 0 Å². The van der Waals surface area contributed by atoms with E-state index in [1.807, 2.05) is 29.9 Å². The van der Waals surface area contributed by atoms with E-state index in [1.54, 1.807) is 12.4 Å². The Morgan fingerprint density at radius 1 is 1.26 bits per heavy atom. The first-order valence-electron chi connectivity index (χ1n) is 6.62. The molecule has 2 aromatic heterocycles. The number of aryl methyl sites for hydroxylation is 1. The van der Waals surface area contributed by atoms with Gasteiger partial charge in [0, 0.05) is 12.6 Å². The van der Waals surface area contributed by atoms with Crippen LogP contribution in [0.25, 0.3) is 0 Å². The van der Waals surface area contributed by atoms with Gasteiger partial charge in [-0.1, -0.05) is 6.92 Å². The maximum atomic E-state index is 5.69. The third-order valence-corrected chi connectivity index (χ3v) is 2.88. The van der Waals surface area contributed by atoms with Crippen molar-refractivity contribution in [1.29, 1.82) is 0 Å². The van der Waals surface area contributed by atoms with Gasteiger partial charge in [-0.3, -0.25) is 9.67 Å². The third-order valence-electron chi connectivity index (χ3n) is 2.88. The van der Waals surface area contributed by atoms with Gasteiger partial charge in [-0.25, -0.2) is 0 Å². The van der Waals surface area contributed by atoms with Gasteiger partial charge in [0.2, 0.25) is 0 Å². The lowest BCUT2D eigenvalue weighted by molar-refractivity contribution is 0.477. The zero-order valence-corrected chi connectivity index (χ0v) is 11.6. The van der Waals surface area contributed by atoms with Gasteiger partial charge in [0.25, 0.3) is 0 Å². The first-order chi connectivity index (χ1) is 9.22. The lowest BCUT2D eigenvalue weighted by atomic mass is 10.2. The minimum atomic E-state index is 0.252. The first-order valence-corrected chi connectivity index (χ1v) is 6.62. The van der Waals surface area contributed by atoms with E-state index in [-0.39, 0.29) is 6.04 Å². The molecule has 0 bridgehead atoms. The molecule has 2 rings (SSSR count). The van der Waals surface area contributed by atoms with Crippen molar-refractivity contribution in [1.82, 2.24) is 20.1 Å². The van der Waals surface area contributed by atoms with Crippen molar-refractivity contribution in [2.45, 2.75) is 33.4 Å². The molecule has 0 radical (unpaired) electrons. The van der Waals surface area contributed by atoms with Crippen LogP contribution in [0, 0.1) is 0 Å². The molecule has 0 saturated heterocycles. The van der Waals surface area contributed by atoms with Crippen LogP contribution in [0.3, 0.4) is 0 Å². The van der Waals surface area contributed by atoms with Crippen molar-refractivity contribution < 1.29 is 4.74 Å².